The van der Waals surface area contributed by atoms with Crippen molar-refractivity contribution in [2.75, 3.05) is 6.54 Å². The highest BCUT2D eigenvalue weighted by Gasteiger charge is 2.35. The molecule has 228 valence electrons. The number of benzene rings is 3. The van der Waals surface area contributed by atoms with Gasteiger partial charge in [-0.15, -0.1) is 0 Å². The number of hydrogen-bond acceptors (Lipinski definition) is 5. The van der Waals surface area contributed by atoms with Gasteiger partial charge in [-0.1, -0.05) is 73.7 Å². The predicted molar refractivity (Wildman–Crippen MR) is 177 cm³/mol. The number of aromatic nitrogens is 2. The standard InChI is InChI=1S/C36H32Cl2N4O3/c1-3-4-5-9-18-41-35(43)31(24(2)32(21-39)36(41)44)19-27-22-42(29-10-7-6-8-11-29)40-34(27)25-13-16-30(17-14-25)45-23-26-12-15-28(37)20-33(26)38/h6-8,10-17,19-20,22H,3-5,9,18,23H2,1-2H3/b31-19+. The Morgan fingerprint density at radius 3 is 2.40 bits per heavy atom. The molecule has 0 spiro atoms. The first-order chi connectivity index (χ1) is 21.8. The van der Waals surface area contributed by atoms with E-state index in [1.165, 1.54) is 4.90 Å². The molecule has 0 radical (unpaired) electrons. The maximum atomic E-state index is 13.7. The lowest BCUT2D eigenvalue weighted by molar-refractivity contribution is -0.140. The zero-order valence-electron chi connectivity index (χ0n) is 25.1. The summed E-state index contributed by atoms with van der Waals surface area (Å²) < 4.78 is 7.72. The first kappa shape index (κ1) is 31.8. The van der Waals surface area contributed by atoms with Crippen LogP contribution in [0.4, 0.5) is 0 Å². The second kappa shape index (κ2) is 14.4. The molecule has 0 fully saturated rings. The van der Waals surface area contributed by atoms with Gasteiger partial charge in [0, 0.05) is 45.1 Å². The van der Waals surface area contributed by atoms with Crippen molar-refractivity contribution < 1.29 is 14.3 Å². The SMILES string of the molecule is CCCCCCN1C(=O)C(C#N)=C(C)/C(=C\c2cn(-c3ccccc3)nc2-c2ccc(OCc3ccc(Cl)cc3Cl)cc2)C1=O. The summed E-state index contributed by atoms with van der Waals surface area (Å²) in [5.74, 6) is -0.301. The van der Waals surface area contributed by atoms with E-state index in [0.29, 0.717) is 44.6 Å². The normalized spacial score (nSPS) is 14.3. The molecule has 2 amide bonds. The number of ether oxygens (including phenoxy) is 1. The fourth-order valence-corrected chi connectivity index (χ4v) is 5.59. The Morgan fingerprint density at radius 2 is 1.71 bits per heavy atom. The Kier molecular flexibility index (Phi) is 10.2. The van der Waals surface area contributed by atoms with Crippen molar-refractivity contribution in [3.8, 4) is 28.8 Å². The average molecular weight is 640 g/mol. The van der Waals surface area contributed by atoms with Crippen molar-refractivity contribution in [1.82, 2.24) is 14.7 Å². The van der Waals surface area contributed by atoms with Crippen LogP contribution in [0.1, 0.15) is 50.7 Å². The average Bonchev–Trinajstić information content (AvgIpc) is 3.47. The summed E-state index contributed by atoms with van der Waals surface area (Å²) in [6.45, 7) is 4.29. The number of nitriles is 1. The van der Waals surface area contributed by atoms with Crippen LogP contribution >= 0.6 is 23.2 Å². The van der Waals surface area contributed by atoms with Gasteiger partial charge in [0.15, 0.2) is 0 Å². The summed E-state index contributed by atoms with van der Waals surface area (Å²) in [5.41, 5.74) is 4.40. The molecule has 0 unspecified atom stereocenters. The minimum Gasteiger partial charge on any atom is -0.489 e. The Bertz CT molecular complexity index is 1820. The van der Waals surface area contributed by atoms with Crippen LogP contribution in [0.3, 0.4) is 0 Å². The minimum atomic E-state index is -0.538. The first-order valence-electron chi connectivity index (χ1n) is 14.8. The van der Waals surface area contributed by atoms with Crippen LogP contribution in [-0.4, -0.2) is 33.0 Å². The Hall–Kier alpha value is -4.64. The van der Waals surface area contributed by atoms with Crippen LogP contribution in [-0.2, 0) is 16.2 Å². The van der Waals surface area contributed by atoms with Crippen molar-refractivity contribution in [1.29, 1.82) is 5.26 Å². The summed E-state index contributed by atoms with van der Waals surface area (Å²) in [4.78, 5) is 28.0. The number of carbonyl (C=O) groups excluding carboxylic acids is 2. The van der Waals surface area contributed by atoms with Gasteiger partial charge in [-0.2, -0.15) is 10.4 Å². The second-order valence-electron chi connectivity index (χ2n) is 10.8. The molecule has 3 aromatic carbocycles. The molecule has 4 aromatic rings. The molecule has 45 heavy (non-hydrogen) atoms. The highest BCUT2D eigenvalue weighted by molar-refractivity contribution is 6.35. The van der Waals surface area contributed by atoms with Crippen LogP contribution in [0.2, 0.25) is 10.0 Å². The number of rotatable bonds is 11. The molecule has 0 aliphatic carbocycles. The molecule has 5 rings (SSSR count). The minimum absolute atomic E-state index is 0.0179. The molecule has 2 heterocycles. The molecule has 1 aliphatic rings. The van der Waals surface area contributed by atoms with Gasteiger partial charge < -0.3 is 4.74 Å². The summed E-state index contributed by atoms with van der Waals surface area (Å²) in [5, 5.41) is 15.8. The van der Waals surface area contributed by atoms with Crippen molar-refractivity contribution >= 4 is 41.1 Å². The second-order valence-corrected chi connectivity index (χ2v) is 11.6. The predicted octanol–water partition coefficient (Wildman–Crippen LogP) is 8.60. The van der Waals surface area contributed by atoms with Gasteiger partial charge in [-0.05, 0) is 73.5 Å². The molecular weight excluding hydrogens is 607 g/mol. The van der Waals surface area contributed by atoms with Crippen molar-refractivity contribution in [3.63, 3.8) is 0 Å². The Morgan fingerprint density at radius 1 is 0.956 bits per heavy atom. The summed E-state index contributed by atoms with van der Waals surface area (Å²) in [6.07, 6.45) is 7.21. The zero-order chi connectivity index (χ0) is 31.9. The maximum absolute atomic E-state index is 13.7. The van der Waals surface area contributed by atoms with Crippen LogP contribution in [0.25, 0.3) is 23.0 Å². The maximum Gasteiger partial charge on any atom is 0.271 e. The first-order valence-corrected chi connectivity index (χ1v) is 15.6. The van der Waals surface area contributed by atoms with Gasteiger partial charge in [0.1, 0.15) is 24.0 Å². The van der Waals surface area contributed by atoms with Crippen LogP contribution in [0.15, 0.2) is 95.7 Å². The lowest BCUT2D eigenvalue weighted by Gasteiger charge is -2.27. The van der Waals surface area contributed by atoms with Crippen LogP contribution < -0.4 is 4.74 Å². The molecule has 0 saturated heterocycles. The van der Waals surface area contributed by atoms with Crippen molar-refractivity contribution in [2.45, 2.75) is 46.1 Å². The molecule has 0 N–H and O–H groups in total. The Labute approximate surface area is 272 Å². The number of para-hydroxylation sites is 1. The molecule has 0 saturated carbocycles. The zero-order valence-corrected chi connectivity index (χ0v) is 26.6. The van der Waals surface area contributed by atoms with Gasteiger partial charge in [-0.25, -0.2) is 4.68 Å². The largest absolute Gasteiger partial charge is 0.489 e. The highest BCUT2D eigenvalue weighted by Crippen LogP contribution is 2.32. The quantitative estimate of drug-likeness (QED) is 0.0932. The summed E-state index contributed by atoms with van der Waals surface area (Å²) in [6, 6.07) is 24.4. The van der Waals surface area contributed by atoms with Crippen molar-refractivity contribution in [3.05, 3.63) is 117 Å². The van der Waals surface area contributed by atoms with Crippen LogP contribution in [0.5, 0.6) is 5.75 Å². The topological polar surface area (TPSA) is 88.2 Å². The molecular formula is C36H32Cl2N4O3. The number of hydrogen-bond donors (Lipinski definition) is 0. The van der Waals surface area contributed by atoms with Gasteiger partial charge in [0.2, 0.25) is 0 Å². The number of unbranched alkanes of at least 4 members (excludes halogenated alkanes) is 3. The van der Waals surface area contributed by atoms with Crippen LogP contribution in [0, 0.1) is 11.3 Å². The van der Waals surface area contributed by atoms with E-state index in [0.717, 1.165) is 36.1 Å². The molecule has 1 aliphatic heterocycles. The van der Waals surface area contributed by atoms with E-state index in [1.807, 2.05) is 72.9 Å². The third kappa shape index (κ3) is 7.20. The van der Waals surface area contributed by atoms with E-state index in [4.69, 9.17) is 33.0 Å². The highest BCUT2D eigenvalue weighted by atomic mass is 35.5. The molecule has 7 nitrogen and oxygen atoms in total. The third-order valence-electron chi connectivity index (χ3n) is 7.66. The van der Waals surface area contributed by atoms with E-state index in [9.17, 15) is 14.9 Å². The smallest absolute Gasteiger partial charge is 0.271 e. The van der Waals surface area contributed by atoms with E-state index in [1.54, 1.807) is 29.8 Å². The van der Waals surface area contributed by atoms with E-state index in [2.05, 4.69) is 6.92 Å². The lowest BCUT2D eigenvalue weighted by atomic mass is 9.93. The summed E-state index contributed by atoms with van der Waals surface area (Å²) >= 11 is 12.3. The van der Waals surface area contributed by atoms with Gasteiger partial charge >= 0.3 is 0 Å². The fourth-order valence-electron chi connectivity index (χ4n) is 5.12. The molecule has 1 aromatic heterocycles. The number of carbonyl (C=O) groups is 2. The molecule has 9 heteroatoms. The number of nitrogens with zero attached hydrogens (tertiary/aromatic N) is 4. The van der Waals surface area contributed by atoms with E-state index in [-0.39, 0.29) is 18.7 Å². The number of halogens is 2. The molecule has 0 bridgehead atoms. The number of amides is 2. The monoisotopic (exact) mass is 638 g/mol. The Balaban J connectivity index is 1.50. The van der Waals surface area contributed by atoms with Gasteiger partial charge in [-0.3, -0.25) is 14.5 Å². The number of imide groups is 1. The van der Waals surface area contributed by atoms with E-state index >= 15 is 0 Å². The van der Waals surface area contributed by atoms with Crippen molar-refractivity contribution in [2.24, 2.45) is 0 Å². The van der Waals surface area contributed by atoms with Gasteiger partial charge in [0.25, 0.3) is 11.8 Å². The fraction of sp³-hybridized carbons (Fsp3) is 0.222. The summed E-state index contributed by atoms with van der Waals surface area (Å²) in [7, 11) is 0. The third-order valence-corrected chi connectivity index (χ3v) is 8.25. The van der Waals surface area contributed by atoms with E-state index < -0.39 is 11.8 Å². The van der Waals surface area contributed by atoms with Gasteiger partial charge in [0.05, 0.1) is 11.4 Å². The molecule has 0 atom stereocenters. The lowest BCUT2D eigenvalue weighted by Crippen LogP contribution is -2.43.